The Balaban J connectivity index is 1.81. The molecule has 0 N–H and O–H groups in total. The summed E-state index contributed by atoms with van der Waals surface area (Å²) in [4.78, 5) is 18.1. The summed E-state index contributed by atoms with van der Waals surface area (Å²) in [7, 11) is 1.57. The van der Waals surface area contributed by atoms with Crippen LogP contribution < -0.4 is 10.3 Å². The number of para-hydroxylation sites is 1. The smallest absolute Gasteiger partial charge is 0.269 e. The van der Waals surface area contributed by atoms with Crippen LogP contribution in [0.15, 0.2) is 89.9 Å². The quantitative estimate of drug-likeness (QED) is 0.439. The van der Waals surface area contributed by atoms with Gasteiger partial charge < -0.3 is 4.74 Å². The number of nitrogens with zero attached hydrogens (tertiary/aromatic N) is 4. The van der Waals surface area contributed by atoms with Crippen LogP contribution in [0.3, 0.4) is 0 Å². The van der Waals surface area contributed by atoms with Crippen LogP contribution in [-0.2, 0) is 0 Å². The predicted octanol–water partition coefficient (Wildman–Crippen LogP) is 4.39. The summed E-state index contributed by atoms with van der Waals surface area (Å²) in [5.41, 5.74) is 1.47. The lowest BCUT2D eigenvalue weighted by molar-refractivity contribution is 0.414. The van der Waals surface area contributed by atoms with Crippen molar-refractivity contribution in [1.29, 1.82) is 0 Å². The third-order valence-electron chi connectivity index (χ3n) is 5.02. The van der Waals surface area contributed by atoms with Gasteiger partial charge in [0.2, 0.25) is 0 Å². The Bertz CT molecular complexity index is 1440. The maximum atomic E-state index is 14.7. The lowest BCUT2D eigenvalue weighted by Gasteiger charge is -2.13. The van der Waals surface area contributed by atoms with Gasteiger partial charge in [0.1, 0.15) is 17.0 Å². The summed E-state index contributed by atoms with van der Waals surface area (Å²) in [6.45, 7) is 0. The highest BCUT2D eigenvalue weighted by Crippen LogP contribution is 2.25. The Kier molecular flexibility index (Phi) is 4.55. The molecule has 3 aromatic carbocycles. The molecule has 0 bridgehead atoms. The number of methoxy groups -OCH3 is 1. The number of benzene rings is 3. The number of hydrogen-bond acceptors (Lipinski definition) is 4. The van der Waals surface area contributed by atoms with Crippen molar-refractivity contribution in [2.45, 2.75) is 0 Å². The summed E-state index contributed by atoms with van der Waals surface area (Å²) in [6.07, 6.45) is 1.64. The second-order valence-electron chi connectivity index (χ2n) is 6.90. The van der Waals surface area contributed by atoms with Gasteiger partial charge in [-0.1, -0.05) is 30.3 Å². The lowest BCUT2D eigenvalue weighted by Crippen LogP contribution is -2.21. The van der Waals surface area contributed by atoms with E-state index in [4.69, 9.17) is 4.74 Å². The summed E-state index contributed by atoms with van der Waals surface area (Å²) >= 11 is 0. The molecule has 0 unspecified atom stereocenters. The van der Waals surface area contributed by atoms with Crippen molar-refractivity contribution in [1.82, 2.24) is 19.3 Å². The van der Waals surface area contributed by atoms with E-state index in [1.165, 1.54) is 10.6 Å². The van der Waals surface area contributed by atoms with E-state index < -0.39 is 5.82 Å². The van der Waals surface area contributed by atoms with Crippen LogP contribution in [0, 0.1) is 5.82 Å². The van der Waals surface area contributed by atoms with E-state index in [1.54, 1.807) is 60.5 Å². The second-order valence-corrected chi connectivity index (χ2v) is 6.90. The monoisotopic (exact) mass is 412 g/mol. The first-order valence-corrected chi connectivity index (χ1v) is 9.63. The van der Waals surface area contributed by atoms with E-state index in [-0.39, 0.29) is 22.6 Å². The number of halogens is 1. The number of ether oxygens (including phenoxy) is 1. The van der Waals surface area contributed by atoms with Crippen molar-refractivity contribution in [3.05, 3.63) is 101 Å². The van der Waals surface area contributed by atoms with E-state index in [0.717, 1.165) is 5.69 Å². The number of aromatic nitrogens is 4. The van der Waals surface area contributed by atoms with E-state index in [1.807, 2.05) is 30.3 Å². The van der Waals surface area contributed by atoms with Crippen molar-refractivity contribution in [2.24, 2.45) is 0 Å². The molecule has 31 heavy (non-hydrogen) atoms. The van der Waals surface area contributed by atoms with Gasteiger partial charge in [0, 0.05) is 6.20 Å². The molecule has 0 saturated heterocycles. The lowest BCUT2D eigenvalue weighted by atomic mass is 10.1. The number of fused-ring (bicyclic) bond motifs is 1. The average Bonchev–Trinajstić information content (AvgIpc) is 3.25. The van der Waals surface area contributed by atoms with Gasteiger partial charge >= 0.3 is 0 Å². The minimum atomic E-state index is -0.474. The summed E-state index contributed by atoms with van der Waals surface area (Å²) in [5.74, 6) is 0.354. The van der Waals surface area contributed by atoms with Gasteiger partial charge in [-0.2, -0.15) is 0 Å². The zero-order valence-electron chi connectivity index (χ0n) is 16.6. The van der Waals surface area contributed by atoms with Crippen molar-refractivity contribution in [3.8, 4) is 28.5 Å². The van der Waals surface area contributed by atoms with Gasteiger partial charge in [-0.3, -0.25) is 9.36 Å². The van der Waals surface area contributed by atoms with Crippen LogP contribution in [0.1, 0.15) is 0 Å². The molecule has 0 atom stereocenters. The summed E-state index contributed by atoms with van der Waals surface area (Å²) in [5, 5.41) is 4.80. The zero-order chi connectivity index (χ0) is 21.4. The molecule has 0 aliphatic heterocycles. The third kappa shape index (κ3) is 3.26. The fraction of sp³-hybridized carbons (Fsp3) is 0.0417. The van der Waals surface area contributed by atoms with Gasteiger partial charge in [0.05, 0.1) is 24.0 Å². The van der Waals surface area contributed by atoms with Crippen LogP contribution in [0.5, 0.6) is 5.75 Å². The largest absolute Gasteiger partial charge is 0.497 e. The molecule has 0 spiro atoms. The highest BCUT2D eigenvalue weighted by Gasteiger charge is 2.19. The Labute approximate surface area is 176 Å². The summed E-state index contributed by atoms with van der Waals surface area (Å²) < 4.78 is 22.9. The Morgan fingerprint density at radius 2 is 1.58 bits per heavy atom. The standard InChI is InChI=1S/C24H17FN4O2/c1-31-18-13-11-17(12-14-18)29-23(19-9-5-6-10-21(19)25)26-22-20(24(29)30)15-28(27-22)16-7-3-2-4-8-16/h2-15H,1H3. The third-order valence-corrected chi connectivity index (χ3v) is 5.02. The Morgan fingerprint density at radius 3 is 2.29 bits per heavy atom. The Hall–Kier alpha value is -4.26. The predicted molar refractivity (Wildman–Crippen MR) is 116 cm³/mol. The SMILES string of the molecule is COc1ccc(-n2c(-c3ccccc3F)nc3nn(-c4ccccc4)cc3c2=O)cc1. The molecular weight excluding hydrogens is 395 g/mol. The first-order chi connectivity index (χ1) is 15.2. The van der Waals surface area contributed by atoms with E-state index >= 15 is 0 Å². The molecule has 0 amide bonds. The molecule has 0 saturated carbocycles. The molecule has 7 heteroatoms. The number of hydrogen-bond donors (Lipinski definition) is 0. The maximum Gasteiger partial charge on any atom is 0.269 e. The molecule has 6 nitrogen and oxygen atoms in total. The van der Waals surface area contributed by atoms with Crippen LogP contribution in [0.2, 0.25) is 0 Å². The minimum absolute atomic E-state index is 0.180. The van der Waals surface area contributed by atoms with Gasteiger partial charge in [-0.25, -0.2) is 14.1 Å². The van der Waals surface area contributed by atoms with Crippen LogP contribution >= 0.6 is 0 Å². The van der Waals surface area contributed by atoms with Crippen molar-refractivity contribution in [2.75, 3.05) is 7.11 Å². The number of rotatable bonds is 4. The van der Waals surface area contributed by atoms with Crippen molar-refractivity contribution < 1.29 is 9.13 Å². The maximum absolute atomic E-state index is 14.7. The van der Waals surface area contributed by atoms with E-state index in [2.05, 4.69) is 10.1 Å². The van der Waals surface area contributed by atoms with Crippen molar-refractivity contribution in [3.63, 3.8) is 0 Å². The molecule has 0 aliphatic rings. The molecular formula is C24H17FN4O2. The molecule has 2 heterocycles. The van der Waals surface area contributed by atoms with E-state index in [9.17, 15) is 9.18 Å². The fourth-order valence-corrected chi connectivity index (χ4v) is 3.47. The second kappa shape index (κ2) is 7.53. The van der Waals surface area contributed by atoms with Gasteiger partial charge in [-0.15, -0.1) is 5.10 Å². The molecule has 0 fully saturated rings. The summed E-state index contributed by atoms with van der Waals surface area (Å²) in [6, 6.07) is 22.6. The molecule has 5 aromatic rings. The first-order valence-electron chi connectivity index (χ1n) is 9.63. The zero-order valence-corrected chi connectivity index (χ0v) is 16.6. The van der Waals surface area contributed by atoms with Gasteiger partial charge in [0.15, 0.2) is 11.5 Å². The molecule has 0 radical (unpaired) electrons. The van der Waals surface area contributed by atoms with Gasteiger partial charge in [-0.05, 0) is 48.5 Å². The highest BCUT2D eigenvalue weighted by molar-refractivity contribution is 5.77. The fourth-order valence-electron chi connectivity index (χ4n) is 3.47. The highest BCUT2D eigenvalue weighted by atomic mass is 19.1. The van der Waals surface area contributed by atoms with Crippen LogP contribution in [0.25, 0.3) is 33.8 Å². The molecule has 152 valence electrons. The minimum Gasteiger partial charge on any atom is -0.497 e. The van der Waals surface area contributed by atoms with Crippen molar-refractivity contribution >= 4 is 11.0 Å². The van der Waals surface area contributed by atoms with Crippen LogP contribution in [0.4, 0.5) is 4.39 Å². The normalized spacial score (nSPS) is 11.0. The van der Waals surface area contributed by atoms with Crippen LogP contribution in [-0.4, -0.2) is 26.4 Å². The molecule has 0 aliphatic carbocycles. The molecule has 5 rings (SSSR count). The van der Waals surface area contributed by atoms with Gasteiger partial charge in [0.25, 0.3) is 5.56 Å². The molecule has 2 aromatic heterocycles. The average molecular weight is 412 g/mol. The van der Waals surface area contributed by atoms with E-state index in [0.29, 0.717) is 16.8 Å². The first kappa shape index (κ1) is 18.7. The Morgan fingerprint density at radius 1 is 0.871 bits per heavy atom. The topological polar surface area (TPSA) is 61.9 Å².